The van der Waals surface area contributed by atoms with Crippen molar-refractivity contribution in [2.24, 2.45) is 0 Å². The summed E-state index contributed by atoms with van der Waals surface area (Å²) in [6.45, 7) is 1.55. The van der Waals surface area contributed by atoms with Crippen molar-refractivity contribution in [3.8, 4) is 5.75 Å². The number of alkyl halides is 3. The Kier molecular flexibility index (Phi) is 5.23. The topological polar surface area (TPSA) is 29.5 Å². The molecule has 1 atom stereocenters. The van der Waals surface area contributed by atoms with Crippen LogP contribution in [-0.2, 0) is 6.42 Å². The van der Waals surface area contributed by atoms with Gasteiger partial charge in [-0.25, -0.2) is 0 Å². The Hall–Kier alpha value is -1.23. The number of para-hydroxylation sites is 1. The van der Waals surface area contributed by atoms with Gasteiger partial charge in [-0.1, -0.05) is 18.2 Å². The number of hydrogen-bond acceptors (Lipinski definition) is 2. The van der Waals surface area contributed by atoms with Crippen LogP contribution in [0.4, 0.5) is 13.2 Å². The molecule has 0 heterocycles. The van der Waals surface area contributed by atoms with E-state index in [0.29, 0.717) is 5.75 Å². The molecule has 1 aromatic carbocycles. The van der Waals surface area contributed by atoms with Gasteiger partial charge in [0.25, 0.3) is 0 Å². The molecule has 0 aromatic heterocycles. The Labute approximate surface area is 111 Å². The zero-order chi connectivity index (χ0) is 14.5. The lowest BCUT2D eigenvalue weighted by Gasteiger charge is -2.24. The highest BCUT2D eigenvalue weighted by molar-refractivity contribution is 5.34. The van der Waals surface area contributed by atoms with Crippen molar-refractivity contribution in [3.63, 3.8) is 0 Å². The maximum atomic E-state index is 12.1. The third-order valence-corrected chi connectivity index (χ3v) is 2.94. The third kappa shape index (κ3) is 5.96. The van der Waals surface area contributed by atoms with Crippen LogP contribution < -0.4 is 4.74 Å². The van der Waals surface area contributed by atoms with Gasteiger partial charge in [-0.05, 0) is 31.4 Å². The second-order valence-electron chi connectivity index (χ2n) is 4.95. The van der Waals surface area contributed by atoms with Gasteiger partial charge in [0.05, 0.1) is 12.7 Å². The van der Waals surface area contributed by atoms with Gasteiger partial charge in [0.1, 0.15) is 5.75 Å². The van der Waals surface area contributed by atoms with E-state index in [1.54, 1.807) is 25.1 Å². The highest BCUT2D eigenvalue weighted by atomic mass is 19.4. The van der Waals surface area contributed by atoms with Gasteiger partial charge < -0.3 is 9.84 Å². The van der Waals surface area contributed by atoms with Crippen molar-refractivity contribution < 1.29 is 23.0 Å². The van der Waals surface area contributed by atoms with Gasteiger partial charge in [-0.2, -0.15) is 13.2 Å². The summed E-state index contributed by atoms with van der Waals surface area (Å²) < 4.78 is 41.4. The van der Waals surface area contributed by atoms with Gasteiger partial charge in [0, 0.05) is 12.8 Å². The van der Waals surface area contributed by atoms with Crippen LogP contribution in [0.1, 0.15) is 31.7 Å². The van der Waals surface area contributed by atoms with Crippen LogP contribution in [-0.4, -0.2) is 24.0 Å². The number of ether oxygens (including phenoxy) is 1. The number of benzene rings is 1. The lowest BCUT2D eigenvalue weighted by molar-refractivity contribution is -0.137. The third-order valence-electron chi connectivity index (χ3n) is 2.94. The number of hydrogen-bond donors (Lipinski definition) is 1. The molecule has 0 saturated heterocycles. The first-order valence-corrected chi connectivity index (χ1v) is 6.14. The first-order valence-electron chi connectivity index (χ1n) is 6.14. The highest BCUT2D eigenvalue weighted by Crippen LogP contribution is 2.28. The van der Waals surface area contributed by atoms with Crippen LogP contribution >= 0.6 is 0 Å². The quantitative estimate of drug-likeness (QED) is 0.858. The molecule has 2 nitrogen and oxygen atoms in total. The summed E-state index contributed by atoms with van der Waals surface area (Å²) in [4.78, 5) is 0. The van der Waals surface area contributed by atoms with Crippen LogP contribution in [0.5, 0.6) is 5.75 Å². The lowest BCUT2D eigenvalue weighted by Crippen LogP contribution is -2.28. The van der Waals surface area contributed by atoms with E-state index < -0.39 is 18.2 Å². The second-order valence-corrected chi connectivity index (χ2v) is 4.95. The van der Waals surface area contributed by atoms with Crippen molar-refractivity contribution in [1.29, 1.82) is 0 Å². The minimum absolute atomic E-state index is 0.0777. The van der Waals surface area contributed by atoms with E-state index >= 15 is 0 Å². The summed E-state index contributed by atoms with van der Waals surface area (Å²) in [7, 11) is 1.53. The molecule has 0 amide bonds. The van der Waals surface area contributed by atoms with E-state index in [0.717, 1.165) is 5.56 Å². The molecule has 0 saturated carbocycles. The molecule has 0 aliphatic rings. The van der Waals surface area contributed by atoms with E-state index in [4.69, 9.17) is 4.74 Å². The van der Waals surface area contributed by atoms with Crippen LogP contribution in [0.15, 0.2) is 24.3 Å². The predicted molar refractivity (Wildman–Crippen MR) is 67.2 cm³/mol. The minimum atomic E-state index is -4.17. The predicted octanol–water partition coefficient (Wildman–Crippen LogP) is 3.72. The number of halogens is 3. The molecule has 108 valence electrons. The normalized spacial score (nSPS) is 15.1. The molecule has 19 heavy (non-hydrogen) atoms. The molecule has 0 radical (unpaired) electrons. The van der Waals surface area contributed by atoms with Crippen LogP contribution in [0, 0.1) is 0 Å². The van der Waals surface area contributed by atoms with Gasteiger partial charge in [-0.15, -0.1) is 0 Å². The molecule has 0 aliphatic heterocycles. The average molecular weight is 276 g/mol. The lowest BCUT2D eigenvalue weighted by atomic mass is 9.91. The molecule has 0 bridgehead atoms. The van der Waals surface area contributed by atoms with E-state index in [2.05, 4.69) is 0 Å². The first-order chi connectivity index (χ1) is 8.73. The van der Waals surface area contributed by atoms with Crippen molar-refractivity contribution in [1.82, 2.24) is 0 Å². The Morgan fingerprint density at radius 2 is 1.79 bits per heavy atom. The van der Waals surface area contributed by atoms with Gasteiger partial charge in [0.2, 0.25) is 0 Å². The maximum Gasteiger partial charge on any atom is 0.389 e. The monoisotopic (exact) mass is 276 g/mol. The van der Waals surface area contributed by atoms with Crippen molar-refractivity contribution in [3.05, 3.63) is 29.8 Å². The molecule has 1 rings (SSSR count). The van der Waals surface area contributed by atoms with Crippen molar-refractivity contribution in [2.45, 2.75) is 44.4 Å². The zero-order valence-corrected chi connectivity index (χ0v) is 11.1. The van der Waals surface area contributed by atoms with Crippen molar-refractivity contribution in [2.75, 3.05) is 7.11 Å². The fourth-order valence-electron chi connectivity index (χ4n) is 2.02. The Bertz CT molecular complexity index is 400. The zero-order valence-electron chi connectivity index (χ0n) is 11.1. The maximum absolute atomic E-state index is 12.1. The fraction of sp³-hybridized carbons (Fsp3) is 0.571. The van der Waals surface area contributed by atoms with E-state index in [-0.39, 0.29) is 19.3 Å². The van der Waals surface area contributed by atoms with Gasteiger partial charge in [0.15, 0.2) is 0 Å². The largest absolute Gasteiger partial charge is 0.496 e. The standard InChI is InChI=1S/C14H19F3O2/c1-13(18,8-5-9-14(15,16)17)10-11-6-3-4-7-12(11)19-2/h3-4,6-7,18H,5,8-10H2,1-2H3. The second kappa shape index (κ2) is 6.28. The summed E-state index contributed by atoms with van der Waals surface area (Å²) in [6, 6.07) is 7.18. The van der Waals surface area contributed by atoms with Crippen LogP contribution in [0.25, 0.3) is 0 Å². The van der Waals surface area contributed by atoms with Gasteiger partial charge >= 0.3 is 6.18 Å². The SMILES string of the molecule is COc1ccccc1CC(C)(O)CCCC(F)(F)F. The average Bonchev–Trinajstić information content (AvgIpc) is 2.27. The van der Waals surface area contributed by atoms with Gasteiger partial charge in [-0.3, -0.25) is 0 Å². The number of aliphatic hydroxyl groups is 1. The first kappa shape index (κ1) is 15.8. The summed E-state index contributed by atoms with van der Waals surface area (Å²) in [6.07, 6.45) is -4.74. The van der Waals surface area contributed by atoms with E-state index in [9.17, 15) is 18.3 Å². The van der Waals surface area contributed by atoms with E-state index in [1.807, 2.05) is 6.07 Å². The highest BCUT2D eigenvalue weighted by Gasteiger charge is 2.29. The molecule has 1 aromatic rings. The number of methoxy groups -OCH3 is 1. The molecular formula is C14H19F3O2. The molecule has 0 aliphatic carbocycles. The fourth-order valence-corrected chi connectivity index (χ4v) is 2.02. The van der Waals surface area contributed by atoms with E-state index in [1.165, 1.54) is 7.11 Å². The summed E-state index contributed by atoms with van der Waals surface area (Å²) in [5.41, 5.74) is -0.373. The summed E-state index contributed by atoms with van der Waals surface area (Å²) in [5.74, 6) is 0.638. The molecule has 1 N–H and O–H groups in total. The Morgan fingerprint density at radius 1 is 1.16 bits per heavy atom. The molecular weight excluding hydrogens is 257 g/mol. The summed E-state index contributed by atoms with van der Waals surface area (Å²) >= 11 is 0. The van der Waals surface area contributed by atoms with Crippen LogP contribution in [0.2, 0.25) is 0 Å². The Morgan fingerprint density at radius 3 is 2.37 bits per heavy atom. The van der Waals surface area contributed by atoms with Crippen molar-refractivity contribution >= 4 is 0 Å². The minimum Gasteiger partial charge on any atom is -0.496 e. The number of rotatable bonds is 6. The molecule has 5 heteroatoms. The summed E-state index contributed by atoms with van der Waals surface area (Å²) in [5, 5.41) is 10.2. The Balaban J connectivity index is 2.58. The smallest absolute Gasteiger partial charge is 0.389 e. The molecule has 0 spiro atoms. The molecule has 0 fully saturated rings. The van der Waals surface area contributed by atoms with Crippen LogP contribution in [0.3, 0.4) is 0 Å². The molecule has 1 unspecified atom stereocenters.